The first-order valence-electron chi connectivity index (χ1n) is 5.15. The molecule has 3 rings (SSSR count). The maximum Gasteiger partial charge on any atom is 0.0358 e. The second-order valence-corrected chi connectivity index (χ2v) is 5.08. The smallest absolute Gasteiger partial charge is 0.0358 e. The van der Waals surface area contributed by atoms with E-state index in [9.17, 15) is 0 Å². The Morgan fingerprint density at radius 2 is 1.20 bits per heavy atom. The normalized spacial score (nSPS) is 11.3. The first-order valence-corrected chi connectivity index (χ1v) is 5.96. The molecule has 0 saturated heterocycles. The summed E-state index contributed by atoms with van der Waals surface area (Å²) in [5.74, 6) is 0. The van der Waals surface area contributed by atoms with E-state index in [0.717, 1.165) is 0 Å². The van der Waals surface area contributed by atoms with Gasteiger partial charge in [0.1, 0.15) is 0 Å². The monoisotopic (exact) mass is 212 g/mol. The predicted octanol–water partition coefficient (Wildman–Crippen LogP) is 4.67. The minimum Gasteiger partial charge on any atom is -0.135 e. The number of benzene rings is 2. The van der Waals surface area contributed by atoms with Crippen molar-refractivity contribution in [2.75, 3.05) is 0 Å². The summed E-state index contributed by atoms with van der Waals surface area (Å²) >= 11 is 1.89. The molecule has 0 spiro atoms. The molecule has 0 bridgehead atoms. The van der Waals surface area contributed by atoms with Gasteiger partial charge in [0.15, 0.2) is 0 Å². The minimum absolute atomic E-state index is 1.38. The number of fused-ring (bicyclic) bond motifs is 3. The molecule has 1 heteroatoms. The third-order valence-electron chi connectivity index (χ3n) is 2.94. The lowest BCUT2D eigenvalue weighted by Crippen LogP contribution is -1.76. The molecule has 3 aromatic rings. The van der Waals surface area contributed by atoms with Crippen LogP contribution in [0.5, 0.6) is 0 Å². The molecule has 0 unspecified atom stereocenters. The lowest BCUT2D eigenvalue weighted by Gasteiger charge is -1.99. The molecule has 0 amide bonds. The highest BCUT2D eigenvalue weighted by Gasteiger charge is 2.07. The molecule has 0 fully saturated rings. The SMILES string of the molecule is Cc1cccc2sc3cccc(C)c3c12. The standard InChI is InChI=1S/C14H12S/c1-9-5-3-7-11-13(9)14-10(2)6-4-8-12(14)15-11/h3-8H,1-2H3. The van der Waals surface area contributed by atoms with E-state index in [1.165, 1.54) is 31.3 Å². The maximum absolute atomic E-state index is 2.21. The lowest BCUT2D eigenvalue weighted by atomic mass is 10.0. The van der Waals surface area contributed by atoms with Gasteiger partial charge in [-0.05, 0) is 37.1 Å². The van der Waals surface area contributed by atoms with Gasteiger partial charge in [0.25, 0.3) is 0 Å². The first kappa shape index (κ1) is 8.93. The van der Waals surface area contributed by atoms with Crippen LogP contribution in [0.1, 0.15) is 11.1 Å². The van der Waals surface area contributed by atoms with E-state index < -0.39 is 0 Å². The molecule has 0 aliphatic rings. The van der Waals surface area contributed by atoms with Gasteiger partial charge in [-0.3, -0.25) is 0 Å². The molecule has 74 valence electrons. The van der Waals surface area contributed by atoms with Crippen LogP contribution in [0.15, 0.2) is 36.4 Å². The highest BCUT2D eigenvalue weighted by Crippen LogP contribution is 2.37. The number of hydrogen-bond acceptors (Lipinski definition) is 1. The number of aryl methyl sites for hydroxylation is 2. The van der Waals surface area contributed by atoms with Gasteiger partial charge in [0.05, 0.1) is 0 Å². The summed E-state index contributed by atoms with van der Waals surface area (Å²) in [4.78, 5) is 0. The van der Waals surface area contributed by atoms with Gasteiger partial charge in [-0.1, -0.05) is 24.3 Å². The first-order chi connectivity index (χ1) is 7.27. The van der Waals surface area contributed by atoms with Crippen molar-refractivity contribution in [3.05, 3.63) is 47.5 Å². The number of hydrogen-bond donors (Lipinski definition) is 0. The maximum atomic E-state index is 2.21. The Kier molecular flexibility index (Phi) is 1.83. The van der Waals surface area contributed by atoms with Crippen LogP contribution in [0, 0.1) is 13.8 Å². The van der Waals surface area contributed by atoms with E-state index in [4.69, 9.17) is 0 Å². The van der Waals surface area contributed by atoms with Crippen molar-refractivity contribution >= 4 is 31.5 Å². The fraction of sp³-hybridized carbons (Fsp3) is 0.143. The van der Waals surface area contributed by atoms with Crippen LogP contribution in [-0.2, 0) is 0 Å². The largest absolute Gasteiger partial charge is 0.135 e. The van der Waals surface area contributed by atoms with Gasteiger partial charge in [0, 0.05) is 20.2 Å². The summed E-state index contributed by atoms with van der Waals surface area (Å²) in [6.07, 6.45) is 0. The van der Waals surface area contributed by atoms with Crippen molar-refractivity contribution in [1.29, 1.82) is 0 Å². The molecule has 15 heavy (non-hydrogen) atoms. The minimum atomic E-state index is 1.38. The van der Waals surface area contributed by atoms with Crippen LogP contribution in [0.25, 0.3) is 20.2 Å². The average Bonchev–Trinajstić information content (AvgIpc) is 2.58. The number of thiophene rings is 1. The molecule has 1 heterocycles. The molecule has 0 atom stereocenters. The average molecular weight is 212 g/mol. The molecule has 0 aliphatic heterocycles. The van der Waals surface area contributed by atoms with E-state index in [2.05, 4.69) is 50.2 Å². The van der Waals surface area contributed by atoms with Crippen LogP contribution >= 0.6 is 11.3 Å². The van der Waals surface area contributed by atoms with Crippen LogP contribution in [0.2, 0.25) is 0 Å². The third-order valence-corrected chi connectivity index (χ3v) is 4.06. The van der Waals surface area contributed by atoms with Crippen molar-refractivity contribution in [3.8, 4) is 0 Å². The summed E-state index contributed by atoms with van der Waals surface area (Å²) < 4.78 is 2.80. The lowest BCUT2D eigenvalue weighted by molar-refractivity contribution is 1.52. The Hall–Kier alpha value is -1.34. The van der Waals surface area contributed by atoms with Crippen LogP contribution in [0.4, 0.5) is 0 Å². The van der Waals surface area contributed by atoms with Crippen molar-refractivity contribution in [3.63, 3.8) is 0 Å². The van der Waals surface area contributed by atoms with E-state index in [-0.39, 0.29) is 0 Å². The van der Waals surface area contributed by atoms with Crippen molar-refractivity contribution in [2.45, 2.75) is 13.8 Å². The Labute approximate surface area is 93.2 Å². The van der Waals surface area contributed by atoms with Crippen LogP contribution < -0.4 is 0 Å². The summed E-state index contributed by atoms with van der Waals surface area (Å²) in [5.41, 5.74) is 2.76. The van der Waals surface area contributed by atoms with Gasteiger partial charge >= 0.3 is 0 Å². The van der Waals surface area contributed by atoms with Crippen molar-refractivity contribution in [2.24, 2.45) is 0 Å². The fourth-order valence-electron chi connectivity index (χ4n) is 2.21. The molecule has 0 saturated carbocycles. The quantitative estimate of drug-likeness (QED) is 0.508. The molecule has 0 aliphatic carbocycles. The van der Waals surface area contributed by atoms with E-state index in [1.807, 2.05) is 11.3 Å². The second kappa shape index (κ2) is 3.07. The summed E-state index contributed by atoms with van der Waals surface area (Å²) in [5, 5.41) is 2.88. The number of rotatable bonds is 0. The van der Waals surface area contributed by atoms with Gasteiger partial charge in [-0.2, -0.15) is 0 Å². The third kappa shape index (κ3) is 1.20. The zero-order valence-electron chi connectivity index (χ0n) is 8.87. The molecular formula is C14H12S. The van der Waals surface area contributed by atoms with Crippen LogP contribution in [-0.4, -0.2) is 0 Å². The van der Waals surface area contributed by atoms with E-state index in [0.29, 0.717) is 0 Å². The predicted molar refractivity (Wildman–Crippen MR) is 68.8 cm³/mol. The summed E-state index contributed by atoms with van der Waals surface area (Å²) in [6.45, 7) is 4.39. The fourth-order valence-corrected chi connectivity index (χ4v) is 3.47. The Morgan fingerprint density at radius 1 is 0.733 bits per heavy atom. The van der Waals surface area contributed by atoms with E-state index >= 15 is 0 Å². The van der Waals surface area contributed by atoms with Crippen LogP contribution in [0.3, 0.4) is 0 Å². The Bertz CT molecular complexity index is 591. The highest BCUT2D eigenvalue weighted by atomic mass is 32.1. The molecule has 2 aromatic carbocycles. The zero-order valence-corrected chi connectivity index (χ0v) is 9.69. The molecule has 0 N–H and O–H groups in total. The Balaban J connectivity index is 2.67. The topological polar surface area (TPSA) is 0 Å². The second-order valence-electron chi connectivity index (χ2n) is 4.00. The molecule has 1 aromatic heterocycles. The summed E-state index contributed by atoms with van der Waals surface area (Å²) in [6, 6.07) is 13.1. The molecule has 0 nitrogen and oxygen atoms in total. The van der Waals surface area contributed by atoms with E-state index in [1.54, 1.807) is 0 Å². The van der Waals surface area contributed by atoms with Crippen molar-refractivity contribution < 1.29 is 0 Å². The Morgan fingerprint density at radius 3 is 1.67 bits per heavy atom. The van der Waals surface area contributed by atoms with Gasteiger partial charge < -0.3 is 0 Å². The zero-order chi connectivity index (χ0) is 10.4. The molecular weight excluding hydrogens is 200 g/mol. The highest BCUT2D eigenvalue weighted by molar-refractivity contribution is 7.25. The summed E-state index contributed by atoms with van der Waals surface area (Å²) in [7, 11) is 0. The van der Waals surface area contributed by atoms with Gasteiger partial charge in [-0.25, -0.2) is 0 Å². The van der Waals surface area contributed by atoms with Crippen molar-refractivity contribution in [1.82, 2.24) is 0 Å². The van der Waals surface area contributed by atoms with Gasteiger partial charge in [-0.15, -0.1) is 11.3 Å². The van der Waals surface area contributed by atoms with Gasteiger partial charge in [0.2, 0.25) is 0 Å². The molecule has 0 radical (unpaired) electrons.